The molecule has 5 rings (SSSR count). The van der Waals surface area contributed by atoms with Crippen molar-refractivity contribution in [3.8, 4) is 23.7 Å². The third-order valence-electron chi connectivity index (χ3n) is 5.86. The Morgan fingerprint density at radius 1 is 0.444 bits per heavy atom. The Morgan fingerprint density at radius 2 is 0.750 bits per heavy atom. The molecule has 0 bridgehead atoms. The quantitative estimate of drug-likeness (QED) is 0.240. The zero-order chi connectivity index (χ0) is 25.1. The first kappa shape index (κ1) is 22.5. The molecule has 4 nitrogen and oxygen atoms in total. The van der Waals surface area contributed by atoms with Gasteiger partial charge in [0.1, 0.15) is 0 Å². The molecule has 5 aromatic rings. The molecule has 0 spiro atoms. The van der Waals surface area contributed by atoms with Gasteiger partial charge in [-0.25, -0.2) is 9.59 Å². The number of carboxylic acid groups (broad SMARTS) is 2. The van der Waals surface area contributed by atoms with Crippen LogP contribution in [0.25, 0.3) is 21.5 Å². The number of hydrogen-bond donors (Lipinski definition) is 2. The first-order valence-electron chi connectivity index (χ1n) is 11.2. The molecular formula is C32H18O4. The molecule has 0 aliphatic heterocycles. The molecule has 5 aromatic carbocycles. The molecule has 0 unspecified atom stereocenters. The van der Waals surface area contributed by atoms with Crippen molar-refractivity contribution in [1.82, 2.24) is 0 Å². The maximum Gasteiger partial charge on any atom is 0.335 e. The normalized spacial score (nSPS) is 10.2. The van der Waals surface area contributed by atoms with Crippen LogP contribution in [-0.2, 0) is 0 Å². The second-order valence-electron chi connectivity index (χ2n) is 8.11. The van der Waals surface area contributed by atoms with Crippen molar-refractivity contribution in [3.05, 3.63) is 130 Å². The summed E-state index contributed by atoms with van der Waals surface area (Å²) >= 11 is 0. The zero-order valence-corrected chi connectivity index (χ0v) is 18.9. The predicted molar refractivity (Wildman–Crippen MR) is 140 cm³/mol. The van der Waals surface area contributed by atoms with Gasteiger partial charge >= 0.3 is 11.9 Å². The third kappa shape index (κ3) is 4.40. The van der Waals surface area contributed by atoms with E-state index in [1.807, 2.05) is 48.5 Å². The molecule has 36 heavy (non-hydrogen) atoms. The lowest BCUT2D eigenvalue weighted by atomic mass is 9.92. The van der Waals surface area contributed by atoms with E-state index in [0.717, 1.165) is 43.8 Å². The van der Waals surface area contributed by atoms with Gasteiger partial charge in [-0.05, 0) is 70.1 Å². The number of hydrogen-bond acceptors (Lipinski definition) is 2. The first-order chi connectivity index (χ1) is 17.5. The molecule has 170 valence electrons. The van der Waals surface area contributed by atoms with E-state index in [-0.39, 0.29) is 11.1 Å². The van der Waals surface area contributed by atoms with Crippen molar-refractivity contribution < 1.29 is 19.8 Å². The molecule has 0 atom stereocenters. The molecule has 0 radical (unpaired) electrons. The minimum absolute atomic E-state index is 0.219. The van der Waals surface area contributed by atoms with E-state index in [1.54, 1.807) is 48.5 Å². The summed E-state index contributed by atoms with van der Waals surface area (Å²) in [5.74, 6) is 11.0. The van der Waals surface area contributed by atoms with Crippen LogP contribution in [0.1, 0.15) is 43.0 Å². The summed E-state index contributed by atoms with van der Waals surface area (Å²) in [6.07, 6.45) is 0. The third-order valence-corrected chi connectivity index (χ3v) is 5.86. The minimum Gasteiger partial charge on any atom is -0.478 e. The summed E-state index contributed by atoms with van der Waals surface area (Å²) in [6, 6.07) is 28.9. The van der Waals surface area contributed by atoms with E-state index in [2.05, 4.69) is 23.7 Å². The maximum absolute atomic E-state index is 11.1. The van der Waals surface area contributed by atoms with E-state index in [1.165, 1.54) is 0 Å². The van der Waals surface area contributed by atoms with Crippen LogP contribution >= 0.6 is 0 Å². The molecule has 0 aliphatic rings. The smallest absolute Gasteiger partial charge is 0.335 e. The Labute approximate surface area is 207 Å². The van der Waals surface area contributed by atoms with Crippen LogP contribution in [-0.4, -0.2) is 22.2 Å². The number of fused-ring (bicyclic) bond motifs is 2. The van der Waals surface area contributed by atoms with Crippen LogP contribution < -0.4 is 0 Å². The van der Waals surface area contributed by atoms with Crippen molar-refractivity contribution in [1.29, 1.82) is 0 Å². The van der Waals surface area contributed by atoms with E-state index >= 15 is 0 Å². The van der Waals surface area contributed by atoms with Crippen LogP contribution in [0.15, 0.2) is 97.1 Å². The van der Waals surface area contributed by atoms with Crippen LogP contribution in [0.3, 0.4) is 0 Å². The summed E-state index contributed by atoms with van der Waals surface area (Å²) in [4.78, 5) is 22.3. The fraction of sp³-hybridized carbons (Fsp3) is 0. The maximum atomic E-state index is 11.1. The number of carbonyl (C=O) groups is 2. The van der Waals surface area contributed by atoms with Gasteiger partial charge in [0.25, 0.3) is 0 Å². The van der Waals surface area contributed by atoms with E-state index in [0.29, 0.717) is 0 Å². The van der Waals surface area contributed by atoms with E-state index in [9.17, 15) is 9.59 Å². The van der Waals surface area contributed by atoms with Crippen molar-refractivity contribution in [2.75, 3.05) is 0 Å². The van der Waals surface area contributed by atoms with Crippen LogP contribution in [0.2, 0.25) is 0 Å². The summed E-state index contributed by atoms with van der Waals surface area (Å²) in [5.41, 5.74) is 3.64. The number of rotatable bonds is 2. The van der Waals surface area contributed by atoms with Gasteiger partial charge < -0.3 is 10.2 Å². The standard InChI is InChI=1S/C32H18O4/c33-31(34)23-15-9-21(10-16-23)13-19-29-25-5-1-2-6-26(25)30(28-8-4-3-7-27(28)29)20-14-22-11-17-24(18-12-22)32(35)36/h1-12,15-18H,(H,33,34)(H,35,36). The molecule has 0 saturated carbocycles. The number of benzene rings is 5. The molecule has 0 saturated heterocycles. The first-order valence-corrected chi connectivity index (χ1v) is 11.2. The van der Waals surface area contributed by atoms with Gasteiger partial charge in [-0.3, -0.25) is 0 Å². The summed E-state index contributed by atoms with van der Waals surface area (Å²) in [6.45, 7) is 0. The Bertz CT molecular complexity index is 1580. The molecule has 0 fully saturated rings. The van der Waals surface area contributed by atoms with Gasteiger partial charge in [0.2, 0.25) is 0 Å². The lowest BCUT2D eigenvalue weighted by Gasteiger charge is -2.10. The average molecular weight is 466 g/mol. The SMILES string of the molecule is O=C(O)c1ccc(C#Cc2c3ccccc3c(C#Cc3ccc(C(=O)O)cc3)c3ccccc23)cc1. The van der Waals surface area contributed by atoms with Crippen molar-refractivity contribution in [3.63, 3.8) is 0 Å². The van der Waals surface area contributed by atoms with Gasteiger partial charge in [-0.2, -0.15) is 0 Å². The summed E-state index contributed by atoms with van der Waals surface area (Å²) in [7, 11) is 0. The summed E-state index contributed by atoms with van der Waals surface area (Å²) in [5, 5.41) is 22.1. The lowest BCUT2D eigenvalue weighted by Crippen LogP contribution is -1.95. The van der Waals surface area contributed by atoms with Gasteiger partial charge in [0.15, 0.2) is 0 Å². The van der Waals surface area contributed by atoms with Crippen LogP contribution in [0, 0.1) is 23.7 Å². The number of aromatic carboxylic acids is 2. The highest BCUT2D eigenvalue weighted by Crippen LogP contribution is 2.32. The fourth-order valence-corrected chi connectivity index (χ4v) is 4.06. The molecule has 2 N–H and O–H groups in total. The average Bonchev–Trinajstić information content (AvgIpc) is 2.91. The number of carboxylic acids is 2. The molecule has 0 amide bonds. The Hall–Kier alpha value is -5.32. The highest BCUT2D eigenvalue weighted by Gasteiger charge is 2.11. The van der Waals surface area contributed by atoms with Crippen molar-refractivity contribution >= 4 is 33.5 Å². The van der Waals surface area contributed by atoms with Gasteiger partial charge in [-0.1, -0.05) is 72.2 Å². The van der Waals surface area contributed by atoms with Gasteiger partial charge in [0, 0.05) is 22.3 Å². The molecule has 0 aliphatic carbocycles. The minimum atomic E-state index is -0.971. The van der Waals surface area contributed by atoms with E-state index in [4.69, 9.17) is 10.2 Å². The lowest BCUT2D eigenvalue weighted by molar-refractivity contribution is 0.0686. The molecule has 4 heteroatoms. The fourth-order valence-electron chi connectivity index (χ4n) is 4.06. The summed E-state index contributed by atoms with van der Waals surface area (Å²) < 4.78 is 0. The van der Waals surface area contributed by atoms with Gasteiger partial charge in [0.05, 0.1) is 11.1 Å². The molecule has 0 aromatic heterocycles. The van der Waals surface area contributed by atoms with Gasteiger partial charge in [-0.15, -0.1) is 0 Å². The highest BCUT2D eigenvalue weighted by atomic mass is 16.4. The predicted octanol–water partition coefficient (Wildman–Crippen LogP) is 6.19. The van der Waals surface area contributed by atoms with Crippen LogP contribution in [0.5, 0.6) is 0 Å². The second kappa shape index (κ2) is 9.50. The highest BCUT2D eigenvalue weighted by molar-refractivity contribution is 6.09. The second-order valence-corrected chi connectivity index (χ2v) is 8.11. The Kier molecular flexibility index (Phi) is 5.93. The van der Waals surface area contributed by atoms with Crippen molar-refractivity contribution in [2.24, 2.45) is 0 Å². The molecular weight excluding hydrogens is 448 g/mol. The topological polar surface area (TPSA) is 74.6 Å². The van der Waals surface area contributed by atoms with Crippen molar-refractivity contribution in [2.45, 2.75) is 0 Å². The molecule has 0 heterocycles. The zero-order valence-electron chi connectivity index (χ0n) is 18.9. The largest absolute Gasteiger partial charge is 0.478 e. The monoisotopic (exact) mass is 466 g/mol. The van der Waals surface area contributed by atoms with E-state index < -0.39 is 11.9 Å². The Morgan fingerprint density at radius 3 is 1.03 bits per heavy atom. The van der Waals surface area contributed by atoms with Crippen LogP contribution in [0.4, 0.5) is 0 Å². The Balaban J connectivity index is 1.66.